The Morgan fingerprint density at radius 2 is 1.73 bits per heavy atom. The van der Waals surface area contributed by atoms with E-state index in [1.54, 1.807) is 13.1 Å². The Morgan fingerprint density at radius 1 is 1.03 bits per heavy atom. The van der Waals surface area contributed by atoms with Gasteiger partial charge in [-0.15, -0.1) is 0 Å². The fraction of sp³-hybridized carbons (Fsp3) is 0.286. The highest BCUT2D eigenvalue weighted by Gasteiger charge is 2.43. The third-order valence-electron chi connectivity index (χ3n) is 6.81. The summed E-state index contributed by atoms with van der Waals surface area (Å²) in [4.78, 5) is 12.8. The van der Waals surface area contributed by atoms with Crippen molar-refractivity contribution in [1.29, 1.82) is 0 Å². The van der Waals surface area contributed by atoms with Crippen molar-refractivity contribution in [3.05, 3.63) is 87.2 Å². The average Bonchev–Trinajstić information content (AvgIpc) is 2.98. The van der Waals surface area contributed by atoms with Gasteiger partial charge in [0.05, 0.1) is 6.37 Å². The molecule has 3 aliphatic heterocycles. The SMILES string of the molecule is [2H]C1([2H])N(c2ccc3c(c2)[Si](C)(C)C2=CC(=[N+]4C([2H])([2H])C([2H])([2H])C4([2H])[2H])C=CC2=C3c2c(F)c(F)c(F)c(F)c2C(=O)O)C([2H])([2H])C1([2H])[2H]. The molecule has 0 unspecified atom stereocenters. The number of nitrogens with zero attached hydrogens (tertiary/aromatic N) is 2. The molecule has 0 atom stereocenters. The van der Waals surface area contributed by atoms with E-state index < -0.39 is 92.7 Å². The second-order valence-electron chi connectivity index (χ2n) is 9.14. The second kappa shape index (κ2) is 8.27. The standard InChI is InChI=1S/C28H24F4N2O2Si/c1-37(2)19-13-15(33-9-3-10-33)5-7-17(19)21(18-8-6-16(14-20(18)37)34-11-4-12-34)22-23(28(35)36)25(30)27(32)26(31)24(22)29/h5-8,13-14H,3-4,9-12H2,1-2H3/p+1/i3D2,4D2,9D2,10D2,11D2,12D2. The number of hydrogen-bond acceptors (Lipinski definition) is 2. The smallest absolute Gasteiger partial charge is 0.339 e. The molecule has 4 nitrogen and oxygen atoms in total. The minimum Gasteiger partial charge on any atom is -0.478 e. The maximum absolute atomic E-state index is 15.8. The summed E-state index contributed by atoms with van der Waals surface area (Å²) in [5.74, 6) is -11.1. The van der Waals surface area contributed by atoms with Gasteiger partial charge in [-0.25, -0.2) is 26.9 Å². The first kappa shape index (κ1) is 13.9. The molecule has 0 radical (unpaired) electrons. The third kappa shape index (κ3) is 3.39. The van der Waals surface area contributed by atoms with Crippen LogP contribution in [0.5, 0.6) is 0 Å². The van der Waals surface area contributed by atoms with E-state index in [-0.39, 0.29) is 32.9 Å². The summed E-state index contributed by atoms with van der Waals surface area (Å²) < 4.78 is 159. The van der Waals surface area contributed by atoms with Gasteiger partial charge in [0.25, 0.3) is 0 Å². The van der Waals surface area contributed by atoms with Crippen molar-refractivity contribution in [2.24, 2.45) is 0 Å². The zero-order chi connectivity index (χ0) is 37.0. The summed E-state index contributed by atoms with van der Waals surface area (Å²) in [6, 6.07) is 3.57. The summed E-state index contributed by atoms with van der Waals surface area (Å²) in [7, 11) is -3.38. The van der Waals surface area contributed by atoms with Crippen LogP contribution in [-0.4, -0.2) is 55.4 Å². The summed E-state index contributed by atoms with van der Waals surface area (Å²) in [6.45, 7) is -8.20. The molecule has 3 heterocycles. The molecule has 2 aromatic rings. The van der Waals surface area contributed by atoms with Crippen LogP contribution in [0.2, 0.25) is 13.1 Å². The quantitative estimate of drug-likeness (QED) is 0.202. The lowest BCUT2D eigenvalue weighted by atomic mass is 9.86. The monoisotopic (exact) mass is 537 g/mol. The Balaban J connectivity index is 1.72. The highest BCUT2D eigenvalue weighted by molar-refractivity contribution is 6.98. The number of carboxylic acid groups (broad SMARTS) is 1. The second-order valence-corrected chi connectivity index (χ2v) is 13.5. The number of halogens is 4. The van der Waals surface area contributed by atoms with E-state index in [4.69, 9.17) is 16.4 Å². The van der Waals surface area contributed by atoms with Crippen molar-refractivity contribution < 1.29 is 48.5 Å². The van der Waals surface area contributed by atoms with Crippen molar-refractivity contribution in [3.63, 3.8) is 0 Å². The van der Waals surface area contributed by atoms with Gasteiger partial charge in [-0.2, -0.15) is 0 Å². The molecule has 2 saturated heterocycles. The van der Waals surface area contributed by atoms with Crippen LogP contribution in [-0.2, 0) is 0 Å². The van der Waals surface area contributed by atoms with Crippen LogP contribution in [0.15, 0.2) is 47.2 Å². The molecule has 4 aliphatic rings. The van der Waals surface area contributed by atoms with Crippen molar-refractivity contribution in [2.45, 2.75) is 25.8 Å². The van der Waals surface area contributed by atoms with Crippen LogP contribution in [0.3, 0.4) is 0 Å². The van der Waals surface area contributed by atoms with Crippen LogP contribution in [0.25, 0.3) is 5.57 Å². The van der Waals surface area contributed by atoms with Crippen LogP contribution >= 0.6 is 0 Å². The first-order valence-corrected chi connectivity index (χ1v) is 14.0. The number of allylic oxidation sites excluding steroid dienone is 5. The summed E-state index contributed by atoms with van der Waals surface area (Å²) in [5, 5.41) is 10.2. The molecule has 6 rings (SSSR count). The van der Waals surface area contributed by atoms with Gasteiger partial charge in [0.2, 0.25) is 0 Å². The molecule has 0 spiro atoms. The maximum Gasteiger partial charge on any atom is 0.339 e. The lowest BCUT2D eigenvalue weighted by Crippen LogP contribution is -2.50. The first-order valence-electron chi connectivity index (χ1n) is 17.0. The predicted molar refractivity (Wildman–Crippen MR) is 136 cm³/mol. The molecule has 0 saturated carbocycles. The number of fused-ring (bicyclic) bond motifs is 2. The lowest BCUT2D eigenvalue weighted by molar-refractivity contribution is -0.582. The Hall–Kier alpha value is -3.46. The third-order valence-corrected chi connectivity index (χ3v) is 10.3. The van der Waals surface area contributed by atoms with Gasteiger partial charge in [-0.3, -0.25) is 0 Å². The Labute approximate surface area is 229 Å². The Kier molecular flexibility index (Phi) is 3.11. The zero-order valence-electron chi connectivity index (χ0n) is 31.2. The Bertz CT molecular complexity index is 2020. The number of aromatic carboxylic acids is 1. The predicted octanol–water partition coefficient (Wildman–Crippen LogP) is 4.77. The molecule has 0 bridgehead atoms. The normalized spacial score (nSPS) is 32.7. The molecule has 0 amide bonds. The fourth-order valence-corrected chi connectivity index (χ4v) is 7.99. The van der Waals surface area contributed by atoms with Gasteiger partial charge in [-0.05, 0) is 51.7 Å². The summed E-state index contributed by atoms with van der Waals surface area (Å²) >= 11 is 0. The largest absolute Gasteiger partial charge is 0.478 e. The average molecular weight is 538 g/mol. The molecule has 2 aromatic carbocycles. The van der Waals surface area contributed by atoms with Gasteiger partial charge in [0.15, 0.2) is 29.0 Å². The number of rotatable bonds is 3. The molecule has 2 fully saturated rings. The summed E-state index contributed by atoms with van der Waals surface area (Å²) in [6.07, 6.45) is -2.39. The molecule has 37 heavy (non-hydrogen) atoms. The van der Waals surface area contributed by atoms with E-state index in [9.17, 15) is 18.7 Å². The van der Waals surface area contributed by atoms with Gasteiger partial charge in [0.1, 0.15) is 32.1 Å². The molecule has 9 heteroatoms. The van der Waals surface area contributed by atoms with E-state index in [0.29, 0.717) is 9.48 Å². The van der Waals surface area contributed by atoms with Crippen molar-refractivity contribution >= 4 is 36.2 Å². The van der Waals surface area contributed by atoms with Gasteiger partial charge in [-0.1, -0.05) is 19.2 Å². The van der Waals surface area contributed by atoms with Crippen LogP contribution < -0.4 is 10.1 Å². The fourth-order valence-electron chi connectivity index (χ4n) is 4.92. The molecular weight excluding hydrogens is 500 g/mol. The lowest BCUT2D eigenvalue weighted by Gasteiger charge is -2.40. The molecular formula is C28H25F4N2O2Si+. The van der Waals surface area contributed by atoms with Crippen molar-refractivity contribution in [2.75, 3.05) is 30.9 Å². The number of carbonyl (C=O) groups is 1. The topological polar surface area (TPSA) is 43.5 Å². The van der Waals surface area contributed by atoms with Crippen LogP contribution in [0, 0.1) is 23.3 Å². The van der Waals surface area contributed by atoms with E-state index in [0.717, 1.165) is 12.1 Å². The van der Waals surface area contributed by atoms with Crippen molar-refractivity contribution in [3.8, 4) is 0 Å². The minimum atomic E-state index is -3.38. The maximum atomic E-state index is 15.8. The molecule has 1 aliphatic carbocycles. The first-order chi connectivity index (χ1) is 22.1. The van der Waals surface area contributed by atoms with Crippen LogP contribution in [0.4, 0.5) is 23.2 Å². The van der Waals surface area contributed by atoms with Gasteiger partial charge >= 0.3 is 5.97 Å². The number of hydrogen-bond donors (Lipinski definition) is 1. The molecule has 1 N–H and O–H groups in total. The highest BCUT2D eigenvalue weighted by Crippen LogP contribution is 2.44. The Morgan fingerprint density at radius 3 is 2.43 bits per heavy atom. The van der Waals surface area contributed by atoms with Crippen molar-refractivity contribution in [1.82, 2.24) is 0 Å². The number of carboxylic acids is 1. The van der Waals surface area contributed by atoms with E-state index in [2.05, 4.69) is 0 Å². The van der Waals surface area contributed by atoms with E-state index in [1.807, 2.05) is 0 Å². The van der Waals surface area contributed by atoms with Gasteiger partial charge < -0.3 is 10.0 Å². The van der Waals surface area contributed by atoms with Crippen LogP contribution in [0.1, 0.15) is 50.7 Å². The highest BCUT2D eigenvalue weighted by atomic mass is 28.3. The minimum absolute atomic E-state index is 0.0527. The van der Waals surface area contributed by atoms with E-state index in [1.165, 1.54) is 24.3 Å². The zero-order valence-corrected chi connectivity index (χ0v) is 20.2. The number of anilines is 1. The van der Waals surface area contributed by atoms with Gasteiger partial charge in [0, 0.05) is 47.4 Å². The summed E-state index contributed by atoms with van der Waals surface area (Å²) in [5.41, 5.74) is -3.76. The molecule has 0 aromatic heterocycles. The van der Waals surface area contributed by atoms with E-state index >= 15 is 8.78 Å². The molecule has 190 valence electrons. The number of benzene rings is 2.